The van der Waals surface area contributed by atoms with E-state index < -0.39 is 6.29 Å². The molecule has 7 rings (SSSR count). The van der Waals surface area contributed by atoms with Crippen molar-refractivity contribution in [3.63, 3.8) is 0 Å². The lowest BCUT2D eigenvalue weighted by molar-refractivity contribution is -0.245. The van der Waals surface area contributed by atoms with Gasteiger partial charge in [0.2, 0.25) is 5.91 Å². The summed E-state index contributed by atoms with van der Waals surface area (Å²) >= 11 is 1.69. The van der Waals surface area contributed by atoms with Crippen LogP contribution in [-0.4, -0.2) is 39.6 Å². The van der Waals surface area contributed by atoms with Crippen molar-refractivity contribution in [3.05, 3.63) is 155 Å². The zero-order valence-corrected chi connectivity index (χ0v) is 28.3. The first-order chi connectivity index (χ1) is 24.3. The minimum Gasteiger partial charge on any atom is -0.392 e. The van der Waals surface area contributed by atoms with Crippen LogP contribution in [0.15, 0.2) is 126 Å². The van der Waals surface area contributed by atoms with Gasteiger partial charge in [-0.2, -0.15) is 0 Å². The molecular formula is C41H36N2O6S. The Morgan fingerprint density at radius 1 is 0.780 bits per heavy atom. The van der Waals surface area contributed by atoms with Crippen LogP contribution in [-0.2, 0) is 27.4 Å². The lowest BCUT2D eigenvalue weighted by atomic mass is 9.99. The second-order valence-electron chi connectivity index (χ2n) is 12.4. The van der Waals surface area contributed by atoms with Gasteiger partial charge in [-0.15, -0.1) is 11.8 Å². The number of aliphatic hydroxyl groups is 1. The van der Waals surface area contributed by atoms with Crippen LogP contribution in [0.2, 0.25) is 0 Å². The number of imide groups is 1. The quantitative estimate of drug-likeness (QED) is 0.114. The average molecular weight is 685 g/mol. The second kappa shape index (κ2) is 14.8. The van der Waals surface area contributed by atoms with Crippen LogP contribution < -0.4 is 5.32 Å². The number of benzene rings is 5. The predicted molar refractivity (Wildman–Crippen MR) is 192 cm³/mol. The van der Waals surface area contributed by atoms with Crippen LogP contribution in [0.4, 0.5) is 5.69 Å². The Bertz CT molecular complexity index is 1980. The Labute approximate surface area is 295 Å². The summed E-state index contributed by atoms with van der Waals surface area (Å²) in [4.78, 5) is 39.6. The largest absolute Gasteiger partial charge is 0.392 e. The lowest BCUT2D eigenvalue weighted by Crippen LogP contribution is -2.31. The first kappa shape index (κ1) is 33.4. The minimum absolute atomic E-state index is 0.0183. The number of nitrogens with one attached hydrogen (secondary N) is 1. The second-order valence-corrected chi connectivity index (χ2v) is 13.5. The van der Waals surface area contributed by atoms with Gasteiger partial charge >= 0.3 is 0 Å². The molecule has 252 valence electrons. The summed E-state index contributed by atoms with van der Waals surface area (Å²) in [5.74, 6) is 0.0630. The molecule has 2 N–H and O–H groups in total. The van der Waals surface area contributed by atoms with E-state index in [4.69, 9.17) is 9.47 Å². The number of carbonyl (C=O) groups is 3. The molecule has 0 spiro atoms. The Kier molecular flexibility index (Phi) is 9.91. The summed E-state index contributed by atoms with van der Waals surface area (Å²) < 4.78 is 13.1. The fourth-order valence-corrected chi connectivity index (χ4v) is 7.22. The SMILES string of the molecule is CC(=O)Nc1ccc(SCC2CC(c3ccc(CO)cc3)OC(c3ccc(-c4cccc(CN5C(=O)c6ccccc6C5=O)c4)cc3)O2)cc1. The van der Waals surface area contributed by atoms with Crippen LogP contribution in [0.1, 0.15) is 68.7 Å². The Hall–Kier alpha value is -5.06. The van der Waals surface area contributed by atoms with E-state index in [0.29, 0.717) is 23.3 Å². The highest BCUT2D eigenvalue weighted by Gasteiger charge is 2.35. The summed E-state index contributed by atoms with van der Waals surface area (Å²) in [6.07, 6.45) is -0.222. The number of aliphatic hydroxyl groups excluding tert-OH is 1. The topological polar surface area (TPSA) is 105 Å². The molecule has 0 saturated carbocycles. The number of anilines is 1. The van der Waals surface area contributed by atoms with Crippen LogP contribution in [0.3, 0.4) is 0 Å². The zero-order valence-electron chi connectivity index (χ0n) is 27.5. The third kappa shape index (κ3) is 7.41. The summed E-state index contributed by atoms with van der Waals surface area (Å²) in [6.45, 7) is 1.67. The molecule has 0 radical (unpaired) electrons. The molecule has 0 bridgehead atoms. The summed E-state index contributed by atoms with van der Waals surface area (Å²) in [5, 5.41) is 12.3. The van der Waals surface area contributed by atoms with E-state index in [1.54, 1.807) is 36.0 Å². The van der Waals surface area contributed by atoms with Crippen molar-refractivity contribution in [1.29, 1.82) is 0 Å². The maximum Gasteiger partial charge on any atom is 0.261 e. The molecule has 0 aliphatic carbocycles. The molecular weight excluding hydrogens is 649 g/mol. The number of thioether (sulfide) groups is 1. The van der Waals surface area contributed by atoms with E-state index in [1.807, 2.05) is 97.1 Å². The number of fused-ring (bicyclic) bond motifs is 1. The summed E-state index contributed by atoms with van der Waals surface area (Å²) in [6, 6.07) is 38.5. The lowest BCUT2D eigenvalue weighted by Gasteiger charge is -2.36. The van der Waals surface area contributed by atoms with Crippen LogP contribution in [0, 0.1) is 0 Å². The zero-order chi connectivity index (χ0) is 34.6. The van der Waals surface area contributed by atoms with Crippen molar-refractivity contribution >= 4 is 35.2 Å². The van der Waals surface area contributed by atoms with E-state index in [1.165, 1.54) is 11.8 Å². The number of amides is 3. The van der Waals surface area contributed by atoms with Gasteiger partial charge in [-0.1, -0.05) is 78.9 Å². The summed E-state index contributed by atoms with van der Waals surface area (Å²) in [5.41, 5.74) is 7.22. The first-order valence-electron chi connectivity index (χ1n) is 16.5. The number of carbonyl (C=O) groups excluding carboxylic acids is 3. The molecule has 0 aromatic heterocycles. The van der Waals surface area contributed by atoms with Crippen molar-refractivity contribution in [2.24, 2.45) is 0 Å². The Morgan fingerprint density at radius 3 is 2.12 bits per heavy atom. The number of hydrogen-bond donors (Lipinski definition) is 2. The van der Waals surface area contributed by atoms with Crippen molar-refractivity contribution < 1.29 is 29.0 Å². The van der Waals surface area contributed by atoms with Crippen molar-refractivity contribution in [3.8, 4) is 11.1 Å². The smallest absolute Gasteiger partial charge is 0.261 e. The van der Waals surface area contributed by atoms with E-state index in [9.17, 15) is 19.5 Å². The third-order valence-electron chi connectivity index (χ3n) is 8.89. The van der Waals surface area contributed by atoms with Crippen LogP contribution in [0.5, 0.6) is 0 Å². The standard InChI is InChI=1S/C41H36N2O6S/c1-26(45)42-33-17-19-35(20-18-33)50-25-34-22-38(30-11-9-27(24-44)10-12-30)49-41(48-34)31-15-13-29(14-16-31)32-6-4-5-28(21-32)23-43-39(46)36-7-2-3-8-37(36)40(43)47/h2-21,34,38,41,44H,22-25H2,1H3,(H,42,45). The maximum atomic E-state index is 12.9. The number of ether oxygens (including phenoxy) is 2. The van der Waals surface area contributed by atoms with Crippen molar-refractivity contribution in [2.75, 3.05) is 11.1 Å². The van der Waals surface area contributed by atoms with Gasteiger partial charge in [0.25, 0.3) is 11.8 Å². The molecule has 5 aromatic rings. The predicted octanol–water partition coefficient (Wildman–Crippen LogP) is 7.94. The molecule has 2 aliphatic heterocycles. The van der Waals surface area contributed by atoms with Crippen LogP contribution >= 0.6 is 11.8 Å². The van der Waals surface area contributed by atoms with Gasteiger partial charge in [0, 0.05) is 35.2 Å². The molecule has 50 heavy (non-hydrogen) atoms. The first-order valence-corrected chi connectivity index (χ1v) is 17.5. The normalized spacial score (nSPS) is 18.6. The minimum atomic E-state index is -0.590. The van der Waals surface area contributed by atoms with Crippen LogP contribution in [0.25, 0.3) is 11.1 Å². The van der Waals surface area contributed by atoms with Gasteiger partial charge in [0.15, 0.2) is 6.29 Å². The molecule has 2 aliphatic rings. The molecule has 3 atom stereocenters. The van der Waals surface area contributed by atoms with Gasteiger partial charge in [0.05, 0.1) is 36.5 Å². The molecule has 5 aromatic carbocycles. The van der Waals surface area contributed by atoms with E-state index in [2.05, 4.69) is 5.32 Å². The van der Waals surface area contributed by atoms with E-state index in [-0.39, 0.29) is 43.1 Å². The van der Waals surface area contributed by atoms with E-state index >= 15 is 0 Å². The van der Waals surface area contributed by atoms with Gasteiger partial charge in [-0.05, 0) is 70.3 Å². The fraction of sp³-hybridized carbons (Fsp3) is 0.195. The molecule has 1 saturated heterocycles. The highest BCUT2D eigenvalue weighted by molar-refractivity contribution is 7.99. The molecule has 1 fully saturated rings. The highest BCUT2D eigenvalue weighted by Crippen LogP contribution is 2.40. The number of hydrogen-bond acceptors (Lipinski definition) is 7. The average Bonchev–Trinajstić information content (AvgIpc) is 3.39. The number of nitrogens with zero attached hydrogens (tertiary/aromatic N) is 1. The Balaban J connectivity index is 1.06. The van der Waals surface area contributed by atoms with E-state index in [0.717, 1.165) is 44.0 Å². The molecule has 3 amide bonds. The highest BCUT2D eigenvalue weighted by atomic mass is 32.2. The Morgan fingerprint density at radius 2 is 1.46 bits per heavy atom. The summed E-state index contributed by atoms with van der Waals surface area (Å²) in [7, 11) is 0. The molecule has 9 heteroatoms. The molecule has 2 heterocycles. The van der Waals surface area contributed by atoms with Gasteiger partial charge in [-0.25, -0.2) is 0 Å². The van der Waals surface area contributed by atoms with Gasteiger partial charge in [-0.3, -0.25) is 19.3 Å². The maximum absolute atomic E-state index is 12.9. The van der Waals surface area contributed by atoms with Gasteiger partial charge < -0.3 is 19.9 Å². The third-order valence-corrected chi connectivity index (χ3v) is 10.0. The molecule has 8 nitrogen and oxygen atoms in total. The molecule has 3 unspecified atom stereocenters. The van der Waals surface area contributed by atoms with Crippen molar-refractivity contribution in [1.82, 2.24) is 4.90 Å². The van der Waals surface area contributed by atoms with Gasteiger partial charge in [0.1, 0.15) is 0 Å². The monoisotopic (exact) mass is 684 g/mol. The van der Waals surface area contributed by atoms with Crippen molar-refractivity contribution in [2.45, 2.75) is 49.9 Å². The number of rotatable bonds is 10. The fourth-order valence-electron chi connectivity index (χ4n) is 6.30.